The van der Waals surface area contributed by atoms with E-state index in [0.717, 1.165) is 19.4 Å². The molecule has 15 heavy (non-hydrogen) atoms. The molecule has 0 aliphatic heterocycles. The molecule has 0 aromatic carbocycles. The quantitative estimate of drug-likeness (QED) is 0.310. The third kappa shape index (κ3) is 4.42. The fraction of sp³-hybridized carbons (Fsp3) is 0.400. The number of rotatable bonds is 5. The number of nitrogens with one attached hydrogen (secondary N) is 1. The molecule has 0 radical (unpaired) electrons. The largest absolute Gasteiger partial charge is 0.354 e. The lowest BCUT2D eigenvalue weighted by Gasteiger charge is -2.04. The summed E-state index contributed by atoms with van der Waals surface area (Å²) in [6.45, 7) is 0.804. The minimum absolute atomic E-state index is 0.00811. The molecule has 0 unspecified atom stereocenters. The maximum Gasteiger partial charge on any atom is 0.233 e. The van der Waals surface area contributed by atoms with Gasteiger partial charge in [-0.1, -0.05) is 0 Å². The van der Waals surface area contributed by atoms with Crippen LogP contribution in [0.25, 0.3) is 0 Å². The Hall–Kier alpha value is -1.62. The van der Waals surface area contributed by atoms with Gasteiger partial charge >= 0.3 is 0 Å². The molecular weight excluding hydrogens is 194 g/mol. The first-order chi connectivity index (χ1) is 7.22. The molecule has 0 fully saturated rings. The van der Waals surface area contributed by atoms with Gasteiger partial charge in [0.05, 0.1) is 0 Å². The Labute approximate surface area is 87.9 Å². The van der Waals surface area contributed by atoms with Crippen molar-refractivity contribution in [3.63, 3.8) is 0 Å². The summed E-state index contributed by atoms with van der Waals surface area (Å²) in [4.78, 5) is 21.6. The van der Waals surface area contributed by atoms with Crippen LogP contribution in [0.4, 0.5) is 0 Å². The fourth-order valence-electron chi connectivity index (χ4n) is 1.24. The van der Waals surface area contributed by atoms with Crippen molar-refractivity contribution in [2.75, 3.05) is 0 Å². The molecule has 0 spiro atoms. The molecule has 1 aromatic rings. The van der Waals surface area contributed by atoms with Crippen molar-refractivity contribution in [2.24, 2.45) is 5.84 Å². The number of nitrogens with two attached hydrogens (primary N) is 1. The SMILES string of the molecule is NNC(=O)CCCCn1ccc(=O)cc1. The Kier molecular flexibility index (Phi) is 4.56. The van der Waals surface area contributed by atoms with Crippen LogP contribution in [0.2, 0.25) is 0 Å². The highest BCUT2D eigenvalue weighted by Gasteiger charge is 1.97. The predicted octanol–water partition coefficient (Wildman–Crippen LogP) is 0.00850. The van der Waals surface area contributed by atoms with E-state index in [9.17, 15) is 9.59 Å². The summed E-state index contributed by atoms with van der Waals surface area (Å²) in [6, 6.07) is 3.04. The second kappa shape index (κ2) is 5.98. The number of aryl methyl sites for hydroxylation is 1. The first kappa shape index (κ1) is 11.5. The van der Waals surface area contributed by atoms with Crippen LogP contribution < -0.4 is 16.7 Å². The zero-order valence-corrected chi connectivity index (χ0v) is 8.48. The van der Waals surface area contributed by atoms with Crippen LogP contribution in [-0.4, -0.2) is 10.5 Å². The minimum Gasteiger partial charge on any atom is -0.354 e. The Morgan fingerprint density at radius 1 is 1.33 bits per heavy atom. The summed E-state index contributed by atoms with van der Waals surface area (Å²) in [5.74, 6) is 4.80. The summed E-state index contributed by atoms with van der Waals surface area (Å²) in [5.41, 5.74) is 2.09. The van der Waals surface area contributed by atoms with E-state index in [2.05, 4.69) is 5.43 Å². The van der Waals surface area contributed by atoms with Crippen molar-refractivity contribution < 1.29 is 4.79 Å². The average Bonchev–Trinajstić information content (AvgIpc) is 2.26. The smallest absolute Gasteiger partial charge is 0.233 e. The van der Waals surface area contributed by atoms with Gasteiger partial charge in [-0.25, -0.2) is 5.84 Å². The lowest BCUT2D eigenvalue weighted by molar-refractivity contribution is -0.121. The van der Waals surface area contributed by atoms with E-state index in [1.807, 2.05) is 4.57 Å². The van der Waals surface area contributed by atoms with Crippen molar-refractivity contribution in [1.82, 2.24) is 9.99 Å². The van der Waals surface area contributed by atoms with Crippen molar-refractivity contribution >= 4 is 5.91 Å². The molecule has 0 aliphatic rings. The molecule has 1 aromatic heterocycles. The van der Waals surface area contributed by atoms with E-state index < -0.39 is 0 Å². The van der Waals surface area contributed by atoms with E-state index in [1.165, 1.54) is 12.1 Å². The topological polar surface area (TPSA) is 77.1 Å². The van der Waals surface area contributed by atoms with Gasteiger partial charge in [-0.2, -0.15) is 0 Å². The molecule has 0 saturated carbocycles. The van der Waals surface area contributed by atoms with Crippen molar-refractivity contribution in [3.8, 4) is 0 Å². The summed E-state index contributed by atoms with van der Waals surface area (Å²) >= 11 is 0. The summed E-state index contributed by atoms with van der Waals surface area (Å²) in [7, 11) is 0. The summed E-state index contributed by atoms with van der Waals surface area (Å²) in [5, 5.41) is 0. The second-order valence-corrected chi connectivity index (χ2v) is 3.30. The lowest BCUT2D eigenvalue weighted by Crippen LogP contribution is -2.29. The van der Waals surface area contributed by atoms with Crippen LogP contribution in [0.15, 0.2) is 29.3 Å². The molecule has 0 atom stereocenters. The summed E-state index contributed by atoms with van der Waals surface area (Å²) in [6.07, 6.45) is 5.60. The molecule has 82 valence electrons. The van der Waals surface area contributed by atoms with E-state index in [1.54, 1.807) is 12.4 Å². The van der Waals surface area contributed by atoms with E-state index in [4.69, 9.17) is 5.84 Å². The molecule has 0 aliphatic carbocycles. The standard InChI is InChI=1S/C10H15N3O2/c11-12-10(15)3-1-2-6-13-7-4-9(14)5-8-13/h4-5,7-8H,1-3,6,11H2,(H,12,15). The van der Waals surface area contributed by atoms with Gasteiger partial charge in [0.15, 0.2) is 5.43 Å². The first-order valence-corrected chi connectivity index (χ1v) is 4.88. The molecule has 5 heteroatoms. The molecule has 0 saturated heterocycles. The number of hydrogen-bond acceptors (Lipinski definition) is 3. The Bertz CT molecular complexity index is 353. The molecule has 1 amide bonds. The number of amides is 1. The van der Waals surface area contributed by atoms with Crippen LogP contribution in [0.1, 0.15) is 19.3 Å². The monoisotopic (exact) mass is 209 g/mol. The highest BCUT2D eigenvalue weighted by molar-refractivity contribution is 5.74. The molecule has 3 N–H and O–H groups in total. The van der Waals surface area contributed by atoms with Crippen molar-refractivity contribution in [1.29, 1.82) is 0 Å². The number of aromatic nitrogens is 1. The molecular formula is C10H15N3O2. The van der Waals surface area contributed by atoms with Gasteiger partial charge in [0.25, 0.3) is 0 Å². The van der Waals surface area contributed by atoms with Gasteiger partial charge in [0.1, 0.15) is 0 Å². The van der Waals surface area contributed by atoms with Crippen molar-refractivity contribution in [2.45, 2.75) is 25.8 Å². The zero-order valence-electron chi connectivity index (χ0n) is 8.48. The van der Waals surface area contributed by atoms with Crippen LogP contribution in [-0.2, 0) is 11.3 Å². The number of carbonyl (C=O) groups is 1. The maximum atomic E-state index is 10.8. The first-order valence-electron chi connectivity index (χ1n) is 4.88. The van der Waals surface area contributed by atoms with Gasteiger partial charge in [-0.15, -0.1) is 0 Å². The van der Waals surface area contributed by atoms with E-state index in [-0.39, 0.29) is 11.3 Å². The minimum atomic E-state index is -0.144. The lowest BCUT2D eigenvalue weighted by atomic mass is 10.2. The van der Waals surface area contributed by atoms with E-state index in [0.29, 0.717) is 6.42 Å². The average molecular weight is 209 g/mol. The van der Waals surface area contributed by atoms with Crippen LogP contribution >= 0.6 is 0 Å². The number of hydrazine groups is 1. The highest BCUT2D eigenvalue weighted by Crippen LogP contribution is 1.98. The van der Waals surface area contributed by atoms with Gasteiger partial charge in [0.2, 0.25) is 5.91 Å². The van der Waals surface area contributed by atoms with Gasteiger partial charge in [-0.3, -0.25) is 15.0 Å². The molecule has 0 bridgehead atoms. The van der Waals surface area contributed by atoms with Crippen LogP contribution in [0.5, 0.6) is 0 Å². The zero-order chi connectivity index (χ0) is 11.1. The van der Waals surface area contributed by atoms with E-state index >= 15 is 0 Å². The predicted molar refractivity (Wildman–Crippen MR) is 56.9 cm³/mol. The number of hydrogen-bond donors (Lipinski definition) is 2. The molecule has 5 nitrogen and oxygen atoms in total. The van der Waals surface area contributed by atoms with Crippen LogP contribution in [0.3, 0.4) is 0 Å². The number of nitrogens with zero attached hydrogens (tertiary/aromatic N) is 1. The Balaban J connectivity index is 2.23. The van der Waals surface area contributed by atoms with Gasteiger partial charge in [-0.05, 0) is 12.8 Å². The number of pyridine rings is 1. The normalized spacial score (nSPS) is 9.93. The third-order valence-corrected chi connectivity index (χ3v) is 2.09. The fourth-order valence-corrected chi connectivity index (χ4v) is 1.24. The third-order valence-electron chi connectivity index (χ3n) is 2.09. The highest BCUT2D eigenvalue weighted by atomic mass is 16.2. The summed E-state index contributed by atoms with van der Waals surface area (Å²) < 4.78 is 1.92. The second-order valence-electron chi connectivity index (χ2n) is 3.30. The number of unbranched alkanes of at least 4 members (excludes halogenated alkanes) is 1. The van der Waals surface area contributed by atoms with Gasteiger partial charge in [0, 0.05) is 37.5 Å². The number of carbonyl (C=O) groups excluding carboxylic acids is 1. The molecule has 1 heterocycles. The Morgan fingerprint density at radius 2 is 2.00 bits per heavy atom. The molecule has 1 rings (SSSR count). The Morgan fingerprint density at radius 3 is 2.60 bits per heavy atom. The van der Waals surface area contributed by atoms with Crippen LogP contribution in [0, 0.1) is 0 Å². The maximum absolute atomic E-state index is 10.8. The van der Waals surface area contributed by atoms with Crippen molar-refractivity contribution in [3.05, 3.63) is 34.7 Å². The van der Waals surface area contributed by atoms with Gasteiger partial charge < -0.3 is 4.57 Å².